The molecule has 1 N–H and O–H groups in total. The molecule has 0 saturated carbocycles. The van der Waals surface area contributed by atoms with Crippen molar-refractivity contribution in [3.8, 4) is 11.5 Å². The van der Waals surface area contributed by atoms with Crippen LogP contribution in [0.25, 0.3) is 6.08 Å². The minimum atomic E-state index is -0.444. The second-order valence-corrected chi connectivity index (χ2v) is 9.82. The van der Waals surface area contributed by atoms with Gasteiger partial charge in [-0.15, -0.1) is 0 Å². The van der Waals surface area contributed by atoms with Crippen LogP contribution in [0.15, 0.2) is 69.0 Å². The quantitative estimate of drug-likeness (QED) is 0.200. The average molecular weight is 568 g/mol. The highest BCUT2D eigenvalue weighted by Crippen LogP contribution is 2.33. The number of amides is 1. The number of nitro groups is 1. The third-order valence-corrected chi connectivity index (χ3v) is 7.46. The number of nitrogens with one attached hydrogen (secondary N) is 1. The number of carbonyl (C=O) groups is 1. The third-order valence-electron chi connectivity index (χ3n) is 5.30. The molecule has 3 aromatic carbocycles. The summed E-state index contributed by atoms with van der Waals surface area (Å²) in [6.45, 7) is 4.14. The van der Waals surface area contributed by atoms with Gasteiger partial charge in [-0.3, -0.25) is 14.9 Å². The molecule has 0 unspecified atom stereocenters. The summed E-state index contributed by atoms with van der Waals surface area (Å²) in [4.78, 5) is 28.2. The zero-order valence-electron chi connectivity index (χ0n) is 19.7. The number of carbonyl (C=O) groups excluding carboxylic acids is 1. The van der Waals surface area contributed by atoms with Crippen LogP contribution in [0.2, 0.25) is 0 Å². The third kappa shape index (κ3) is 5.95. The number of aliphatic imine (C=N–C) groups is 1. The number of ether oxygens (including phenoxy) is 2. The van der Waals surface area contributed by atoms with Gasteiger partial charge in [-0.25, -0.2) is 4.99 Å². The van der Waals surface area contributed by atoms with E-state index in [0.29, 0.717) is 27.1 Å². The summed E-state index contributed by atoms with van der Waals surface area (Å²) in [5, 5.41) is 14.3. The summed E-state index contributed by atoms with van der Waals surface area (Å²) < 4.78 is 12.3. The molecule has 3 aromatic rings. The SMILES string of the molecule is COc1cc(/C=C2\SC(=Nc3cc(C)c(Br)c(C)c3)NC2=O)ccc1OCc1cccc([N+](=O)[O-])c1. The fourth-order valence-corrected chi connectivity index (χ4v) is 4.62. The van der Waals surface area contributed by atoms with Crippen molar-refractivity contribution < 1.29 is 19.2 Å². The summed E-state index contributed by atoms with van der Waals surface area (Å²) in [5.74, 6) is 0.736. The Labute approximate surface area is 220 Å². The van der Waals surface area contributed by atoms with Crippen molar-refractivity contribution in [2.75, 3.05) is 7.11 Å². The summed E-state index contributed by atoms with van der Waals surface area (Å²) in [6.07, 6.45) is 1.76. The number of methoxy groups -OCH3 is 1. The number of hydrogen-bond donors (Lipinski definition) is 1. The number of amidine groups is 1. The first-order valence-electron chi connectivity index (χ1n) is 10.8. The maximum Gasteiger partial charge on any atom is 0.269 e. The molecule has 10 heteroatoms. The Morgan fingerprint density at radius 3 is 2.56 bits per heavy atom. The largest absolute Gasteiger partial charge is 0.493 e. The van der Waals surface area contributed by atoms with Crippen molar-refractivity contribution >= 4 is 56.2 Å². The van der Waals surface area contributed by atoms with Crippen LogP contribution in [-0.2, 0) is 11.4 Å². The lowest BCUT2D eigenvalue weighted by atomic mass is 10.1. The molecule has 0 aliphatic carbocycles. The molecule has 1 heterocycles. The first-order valence-corrected chi connectivity index (χ1v) is 12.4. The van der Waals surface area contributed by atoms with Gasteiger partial charge < -0.3 is 14.8 Å². The molecule has 4 rings (SSSR count). The molecule has 1 aliphatic heterocycles. The van der Waals surface area contributed by atoms with Gasteiger partial charge in [-0.2, -0.15) is 0 Å². The number of benzene rings is 3. The topological polar surface area (TPSA) is 103 Å². The molecule has 0 atom stereocenters. The van der Waals surface area contributed by atoms with Crippen LogP contribution in [0.3, 0.4) is 0 Å². The second kappa shape index (κ2) is 11.0. The predicted octanol–water partition coefficient (Wildman–Crippen LogP) is 6.45. The first-order chi connectivity index (χ1) is 17.2. The highest BCUT2D eigenvalue weighted by atomic mass is 79.9. The standard InChI is InChI=1S/C26H22BrN3O5S/c1-15-9-19(10-16(2)24(15)27)28-26-29-25(31)23(36-26)13-17-7-8-21(22(12-17)34-3)35-14-18-5-4-6-20(11-18)30(32)33/h4-13H,14H2,1-3H3,(H,28,29,31)/b23-13-. The molecule has 0 aromatic heterocycles. The van der Waals surface area contributed by atoms with Crippen LogP contribution in [0.1, 0.15) is 22.3 Å². The van der Waals surface area contributed by atoms with E-state index in [4.69, 9.17) is 9.47 Å². The predicted molar refractivity (Wildman–Crippen MR) is 145 cm³/mol. The van der Waals surface area contributed by atoms with Crippen LogP contribution >= 0.6 is 27.7 Å². The molecule has 0 spiro atoms. The number of non-ortho nitro benzene ring substituents is 1. The normalized spacial score (nSPS) is 15.3. The fraction of sp³-hybridized carbons (Fsp3) is 0.154. The highest BCUT2D eigenvalue weighted by Gasteiger charge is 2.24. The molecule has 8 nitrogen and oxygen atoms in total. The van der Waals surface area contributed by atoms with Crippen molar-refractivity contribution in [1.82, 2.24) is 5.32 Å². The maximum absolute atomic E-state index is 12.5. The Hall–Kier alpha value is -3.63. The maximum atomic E-state index is 12.5. The van der Waals surface area contributed by atoms with Crippen molar-refractivity contribution in [1.29, 1.82) is 0 Å². The summed E-state index contributed by atoms with van der Waals surface area (Å²) >= 11 is 4.82. The van der Waals surface area contributed by atoms with Crippen molar-refractivity contribution in [2.24, 2.45) is 4.99 Å². The van der Waals surface area contributed by atoms with E-state index in [1.165, 1.54) is 31.0 Å². The molecule has 0 bridgehead atoms. The van der Waals surface area contributed by atoms with Crippen LogP contribution < -0.4 is 14.8 Å². The highest BCUT2D eigenvalue weighted by molar-refractivity contribution is 9.10. The van der Waals surface area contributed by atoms with Crippen LogP contribution in [0, 0.1) is 24.0 Å². The lowest BCUT2D eigenvalue weighted by Crippen LogP contribution is -2.19. The number of hydrogen-bond acceptors (Lipinski definition) is 7. The van der Waals surface area contributed by atoms with Gasteiger partial charge in [0.25, 0.3) is 11.6 Å². The Kier molecular flexibility index (Phi) is 7.76. The molecule has 1 saturated heterocycles. The number of rotatable bonds is 7. The minimum absolute atomic E-state index is 0.00527. The van der Waals surface area contributed by atoms with E-state index in [2.05, 4.69) is 26.2 Å². The van der Waals surface area contributed by atoms with Crippen molar-refractivity contribution in [3.05, 3.63) is 96.3 Å². The molecule has 36 heavy (non-hydrogen) atoms. The lowest BCUT2D eigenvalue weighted by molar-refractivity contribution is -0.384. The molecule has 1 aliphatic rings. The van der Waals surface area contributed by atoms with Gasteiger partial charge in [0.2, 0.25) is 0 Å². The average Bonchev–Trinajstić information content (AvgIpc) is 3.19. The van der Waals surface area contributed by atoms with Gasteiger partial charge in [0.05, 0.1) is 22.6 Å². The van der Waals surface area contributed by atoms with Crippen LogP contribution in [0.4, 0.5) is 11.4 Å². The first kappa shape index (κ1) is 25.5. The minimum Gasteiger partial charge on any atom is -0.493 e. The second-order valence-electron chi connectivity index (χ2n) is 8.00. The van der Waals surface area contributed by atoms with E-state index in [1.807, 2.05) is 32.0 Å². The molecule has 1 fully saturated rings. The fourth-order valence-electron chi connectivity index (χ4n) is 3.55. The number of nitro benzene ring substituents is 1. The number of thioether (sulfide) groups is 1. The van der Waals surface area contributed by atoms with E-state index >= 15 is 0 Å². The molecule has 0 radical (unpaired) electrons. The van der Waals surface area contributed by atoms with Gasteiger partial charge in [0.15, 0.2) is 16.7 Å². The van der Waals surface area contributed by atoms with E-state index in [-0.39, 0.29) is 18.2 Å². The Morgan fingerprint density at radius 2 is 1.86 bits per heavy atom. The smallest absolute Gasteiger partial charge is 0.269 e. The zero-order chi connectivity index (χ0) is 25.8. The van der Waals surface area contributed by atoms with Gasteiger partial charge >= 0.3 is 0 Å². The lowest BCUT2D eigenvalue weighted by Gasteiger charge is -2.11. The van der Waals surface area contributed by atoms with Crippen LogP contribution in [0.5, 0.6) is 11.5 Å². The van der Waals surface area contributed by atoms with Crippen molar-refractivity contribution in [2.45, 2.75) is 20.5 Å². The van der Waals surface area contributed by atoms with E-state index in [0.717, 1.165) is 26.9 Å². The Morgan fingerprint density at radius 1 is 1.11 bits per heavy atom. The molecule has 184 valence electrons. The number of aryl methyl sites for hydroxylation is 2. The molecule has 1 amide bonds. The Bertz CT molecular complexity index is 1400. The summed E-state index contributed by atoms with van der Waals surface area (Å²) in [5.41, 5.74) is 4.33. The van der Waals surface area contributed by atoms with Crippen molar-refractivity contribution in [3.63, 3.8) is 0 Å². The van der Waals surface area contributed by atoms with Crippen LogP contribution in [-0.4, -0.2) is 23.1 Å². The number of nitrogens with zero attached hydrogens (tertiary/aromatic N) is 2. The number of halogens is 1. The van der Waals surface area contributed by atoms with E-state index < -0.39 is 4.92 Å². The Balaban J connectivity index is 1.49. The monoisotopic (exact) mass is 567 g/mol. The molecular formula is C26H22BrN3O5S. The summed E-state index contributed by atoms with van der Waals surface area (Å²) in [7, 11) is 1.52. The van der Waals surface area contributed by atoms with E-state index in [9.17, 15) is 14.9 Å². The molecular weight excluding hydrogens is 546 g/mol. The van der Waals surface area contributed by atoms with Gasteiger partial charge in [0.1, 0.15) is 6.61 Å². The van der Waals surface area contributed by atoms with E-state index in [1.54, 1.807) is 30.3 Å². The zero-order valence-corrected chi connectivity index (χ0v) is 22.1. The van der Waals surface area contributed by atoms with Gasteiger partial charge in [-0.1, -0.05) is 34.1 Å². The van der Waals surface area contributed by atoms with Gasteiger partial charge in [0, 0.05) is 16.6 Å². The van der Waals surface area contributed by atoms with Gasteiger partial charge in [-0.05, 0) is 78.2 Å². The summed E-state index contributed by atoms with van der Waals surface area (Å²) in [6, 6.07) is 15.5.